The highest BCUT2D eigenvalue weighted by molar-refractivity contribution is 6.30. The molecule has 0 spiro atoms. The molecule has 0 bridgehead atoms. The van der Waals surface area contributed by atoms with Crippen molar-refractivity contribution in [3.63, 3.8) is 0 Å². The van der Waals surface area contributed by atoms with Crippen LogP contribution < -0.4 is 16.6 Å². The van der Waals surface area contributed by atoms with Crippen molar-refractivity contribution in [2.24, 2.45) is 14.1 Å². The van der Waals surface area contributed by atoms with Crippen LogP contribution in [0, 0.1) is 11.3 Å². The van der Waals surface area contributed by atoms with Gasteiger partial charge in [0.2, 0.25) is 0 Å². The lowest BCUT2D eigenvalue weighted by Gasteiger charge is -2.27. The summed E-state index contributed by atoms with van der Waals surface area (Å²) in [5, 5.41) is 13.4. The van der Waals surface area contributed by atoms with Crippen molar-refractivity contribution in [2.75, 3.05) is 18.9 Å². The molecule has 0 aliphatic carbocycles. The molecule has 7 nitrogen and oxygen atoms in total. The van der Waals surface area contributed by atoms with E-state index in [9.17, 15) is 14.9 Å². The topological polar surface area (TPSA) is 83.1 Å². The molecule has 1 N–H and O–H groups in total. The first-order chi connectivity index (χ1) is 12.3. The van der Waals surface area contributed by atoms with E-state index in [0.29, 0.717) is 5.02 Å². The predicted octanol–water partition coefficient (Wildman–Crippen LogP) is 1.47. The summed E-state index contributed by atoms with van der Waals surface area (Å²) in [4.78, 5) is 26.7. The number of nitrogens with one attached hydrogen (secondary N) is 1. The minimum atomic E-state index is -0.590. The number of aromatic nitrogens is 2. The average Bonchev–Trinajstić information content (AvgIpc) is 2.99. The van der Waals surface area contributed by atoms with Gasteiger partial charge in [-0.25, -0.2) is 4.79 Å². The van der Waals surface area contributed by atoms with Crippen LogP contribution in [0.15, 0.2) is 33.9 Å². The monoisotopic (exact) mass is 373 g/mol. The van der Waals surface area contributed by atoms with Gasteiger partial charge in [0, 0.05) is 31.7 Å². The molecule has 1 fully saturated rings. The Morgan fingerprint density at radius 2 is 1.81 bits per heavy atom. The van der Waals surface area contributed by atoms with Gasteiger partial charge in [0.05, 0.1) is 6.04 Å². The zero-order valence-corrected chi connectivity index (χ0v) is 15.6. The Labute approximate surface area is 156 Å². The summed E-state index contributed by atoms with van der Waals surface area (Å²) in [6, 6.07) is 9.55. The smallest absolute Gasteiger partial charge is 0.332 e. The Hall–Kier alpha value is -2.56. The van der Waals surface area contributed by atoms with E-state index in [1.807, 2.05) is 37.4 Å². The third-order valence-electron chi connectivity index (χ3n) is 4.96. The lowest BCUT2D eigenvalue weighted by atomic mass is 10.00. The Balaban J connectivity index is 2.03. The van der Waals surface area contributed by atoms with Gasteiger partial charge in [-0.3, -0.25) is 18.8 Å². The number of hydrogen-bond acceptors (Lipinski definition) is 5. The van der Waals surface area contributed by atoms with Gasteiger partial charge in [0.15, 0.2) is 5.56 Å². The maximum absolute atomic E-state index is 12.3. The fraction of sp³-hybridized carbons (Fsp3) is 0.389. The molecule has 2 unspecified atom stereocenters. The van der Waals surface area contributed by atoms with Gasteiger partial charge in [-0.1, -0.05) is 23.7 Å². The van der Waals surface area contributed by atoms with E-state index in [4.69, 9.17) is 11.6 Å². The summed E-state index contributed by atoms with van der Waals surface area (Å²) in [5.74, 6) is 0.264. The predicted molar refractivity (Wildman–Crippen MR) is 100 cm³/mol. The molecule has 2 atom stereocenters. The summed E-state index contributed by atoms with van der Waals surface area (Å²) in [7, 11) is 4.95. The van der Waals surface area contributed by atoms with Crippen molar-refractivity contribution in [2.45, 2.75) is 18.5 Å². The highest BCUT2D eigenvalue weighted by Gasteiger charge is 2.34. The summed E-state index contributed by atoms with van der Waals surface area (Å²) >= 11 is 5.99. The van der Waals surface area contributed by atoms with Gasteiger partial charge >= 0.3 is 5.69 Å². The Kier molecular flexibility index (Phi) is 4.90. The molecular weight excluding hydrogens is 354 g/mol. The van der Waals surface area contributed by atoms with Crippen molar-refractivity contribution in [1.29, 1.82) is 5.26 Å². The minimum absolute atomic E-state index is 0.0398. The van der Waals surface area contributed by atoms with Gasteiger partial charge < -0.3 is 5.32 Å². The molecule has 0 radical (unpaired) electrons. The van der Waals surface area contributed by atoms with E-state index in [2.05, 4.69) is 10.2 Å². The van der Waals surface area contributed by atoms with Crippen LogP contribution in [0.1, 0.15) is 23.6 Å². The van der Waals surface area contributed by atoms with E-state index in [0.717, 1.165) is 23.1 Å². The average molecular weight is 374 g/mol. The molecule has 0 saturated carbocycles. The first-order valence-corrected chi connectivity index (χ1v) is 8.65. The maximum Gasteiger partial charge on any atom is 0.332 e. The minimum Gasteiger partial charge on any atom is -0.365 e. The number of anilines is 1. The van der Waals surface area contributed by atoms with Gasteiger partial charge in [-0.2, -0.15) is 5.26 Å². The second-order valence-electron chi connectivity index (χ2n) is 6.56. The van der Waals surface area contributed by atoms with Crippen LogP contribution >= 0.6 is 11.6 Å². The number of likely N-dealkylation sites (N-methyl/N-ethyl adjacent to an activating group) is 1. The zero-order valence-electron chi connectivity index (χ0n) is 14.9. The molecule has 1 aromatic heterocycles. The number of nitriles is 1. The van der Waals surface area contributed by atoms with E-state index in [1.54, 1.807) is 7.05 Å². The lowest BCUT2D eigenvalue weighted by Crippen LogP contribution is -2.41. The molecule has 26 heavy (non-hydrogen) atoms. The fourth-order valence-electron chi connectivity index (χ4n) is 3.53. The highest BCUT2D eigenvalue weighted by Crippen LogP contribution is 2.33. The van der Waals surface area contributed by atoms with E-state index in [-0.39, 0.29) is 23.5 Å². The van der Waals surface area contributed by atoms with Crippen molar-refractivity contribution in [3.05, 3.63) is 61.3 Å². The van der Waals surface area contributed by atoms with Gasteiger partial charge in [-0.05, 0) is 31.2 Å². The van der Waals surface area contributed by atoms with Crippen LogP contribution in [0.3, 0.4) is 0 Å². The lowest BCUT2D eigenvalue weighted by molar-refractivity contribution is 0.309. The first kappa shape index (κ1) is 18.2. The Morgan fingerprint density at radius 3 is 2.42 bits per heavy atom. The molecule has 136 valence electrons. The van der Waals surface area contributed by atoms with Crippen molar-refractivity contribution in [3.8, 4) is 6.07 Å². The quantitative estimate of drug-likeness (QED) is 0.880. The number of likely N-dealkylation sites (tertiary alicyclic amines) is 1. The Bertz CT molecular complexity index is 987. The molecule has 8 heteroatoms. The van der Waals surface area contributed by atoms with Crippen LogP contribution in [-0.4, -0.2) is 33.7 Å². The van der Waals surface area contributed by atoms with E-state index >= 15 is 0 Å². The molecule has 0 amide bonds. The standard InChI is InChI=1S/C18H20ClN5O2/c1-22-9-8-14(15(22)11-4-6-12(19)7-5-11)21-16-13(10-20)17(25)24(3)18(26)23(16)2/h4-7,14-15,21H,8-9H2,1-3H3. The van der Waals surface area contributed by atoms with Crippen LogP contribution in [0.4, 0.5) is 5.82 Å². The number of hydrogen-bond donors (Lipinski definition) is 1. The molecule has 1 aromatic carbocycles. The number of benzene rings is 1. The molecular formula is C18H20ClN5O2. The van der Waals surface area contributed by atoms with Gasteiger partial charge in [0.25, 0.3) is 5.56 Å². The summed E-state index contributed by atoms with van der Waals surface area (Å²) in [5.41, 5.74) is -0.0309. The van der Waals surface area contributed by atoms with Crippen LogP contribution in [0.2, 0.25) is 5.02 Å². The first-order valence-electron chi connectivity index (χ1n) is 8.27. The van der Waals surface area contributed by atoms with Crippen LogP contribution in [-0.2, 0) is 14.1 Å². The SMILES string of the molecule is CN1CCC(Nc2c(C#N)c(=O)n(C)c(=O)n2C)C1c1ccc(Cl)cc1. The maximum atomic E-state index is 12.3. The molecule has 2 aromatic rings. The van der Waals surface area contributed by atoms with Crippen LogP contribution in [0.25, 0.3) is 0 Å². The number of rotatable bonds is 3. The fourth-order valence-corrected chi connectivity index (χ4v) is 3.66. The second-order valence-corrected chi connectivity index (χ2v) is 6.99. The third kappa shape index (κ3) is 3.02. The molecule has 1 aliphatic heterocycles. The number of halogens is 1. The summed E-state index contributed by atoms with van der Waals surface area (Å²) < 4.78 is 2.26. The van der Waals surface area contributed by atoms with E-state index < -0.39 is 11.2 Å². The normalized spacial score (nSPS) is 20.1. The third-order valence-corrected chi connectivity index (χ3v) is 5.21. The van der Waals surface area contributed by atoms with Gasteiger partial charge in [-0.15, -0.1) is 0 Å². The summed E-state index contributed by atoms with van der Waals surface area (Å²) in [6.07, 6.45) is 0.818. The Morgan fingerprint density at radius 1 is 1.15 bits per heavy atom. The van der Waals surface area contributed by atoms with Crippen LogP contribution in [0.5, 0.6) is 0 Å². The molecule has 2 heterocycles. The zero-order chi connectivity index (χ0) is 19.0. The largest absolute Gasteiger partial charge is 0.365 e. The second kappa shape index (κ2) is 6.98. The van der Waals surface area contributed by atoms with Crippen molar-refractivity contribution in [1.82, 2.24) is 14.0 Å². The highest BCUT2D eigenvalue weighted by atomic mass is 35.5. The van der Waals surface area contributed by atoms with Crippen molar-refractivity contribution >= 4 is 17.4 Å². The molecule has 3 rings (SSSR count). The van der Waals surface area contributed by atoms with E-state index in [1.165, 1.54) is 11.6 Å². The molecule has 1 aliphatic rings. The molecule has 1 saturated heterocycles. The van der Waals surface area contributed by atoms with Crippen molar-refractivity contribution < 1.29 is 0 Å². The van der Waals surface area contributed by atoms with Gasteiger partial charge in [0.1, 0.15) is 11.9 Å². The summed E-state index contributed by atoms with van der Waals surface area (Å²) in [6.45, 7) is 0.853. The number of nitrogens with zero attached hydrogens (tertiary/aromatic N) is 4.